The summed E-state index contributed by atoms with van der Waals surface area (Å²) in [7, 11) is 0. The van der Waals surface area contributed by atoms with Crippen LogP contribution in [0.1, 0.15) is 79.1 Å². The highest BCUT2D eigenvalue weighted by Gasteiger charge is 2.24. The van der Waals surface area contributed by atoms with E-state index in [4.69, 9.17) is 10.8 Å². The lowest BCUT2D eigenvalue weighted by atomic mass is 9.94. The molecule has 1 aromatic carbocycles. The number of hydrogen-bond donors (Lipinski definition) is 2. The van der Waals surface area contributed by atoms with Gasteiger partial charge in [0.25, 0.3) is 0 Å². The summed E-state index contributed by atoms with van der Waals surface area (Å²) in [5.41, 5.74) is 0.416. The second-order valence-corrected chi connectivity index (χ2v) is 8.88. The molecule has 1 atom stereocenters. The van der Waals surface area contributed by atoms with Crippen LogP contribution < -0.4 is 10.6 Å². The van der Waals surface area contributed by atoms with Crippen molar-refractivity contribution in [2.45, 2.75) is 96.4 Å². The van der Waals surface area contributed by atoms with Gasteiger partial charge in [-0.3, -0.25) is 4.79 Å². The van der Waals surface area contributed by atoms with E-state index in [1.807, 2.05) is 51.1 Å². The second kappa shape index (κ2) is 12.6. The molecular weight excluding hydrogens is 380 g/mol. The van der Waals surface area contributed by atoms with Gasteiger partial charge in [0.15, 0.2) is 0 Å². The minimum absolute atomic E-state index is 0.225. The Morgan fingerprint density at radius 3 is 2.50 bits per heavy atom. The van der Waals surface area contributed by atoms with Crippen LogP contribution in [0.3, 0.4) is 0 Å². The molecule has 0 aliphatic heterocycles. The van der Waals surface area contributed by atoms with Gasteiger partial charge in [-0.25, -0.2) is 4.79 Å². The van der Waals surface area contributed by atoms with Crippen molar-refractivity contribution in [2.24, 2.45) is 0 Å². The van der Waals surface area contributed by atoms with Crippen molar-refractivity contribution in [1.82, 2.24) is 10.6 Å². The molecule has 6 heteroatoms. The average Bonchev–Trinajstić information content (AvgIpc) is 2.71. The van der Waals surface area contributed by atoms with Crippen molar-refractivity contribution in [3.05, 3.63) is 35.9 Å². The molecule has 0 aromatic heterocycles. The van der Waals surface area contributed by atoms with Gasteiger partial charge in [-0.2, -0.15) is 0 Å². The fourth-order valence-electron chi connectivity index (χ4n) is 3.43. The molecule has 1 amide bonds. The van der Waals surface area contributed by atoms with E-state index in [0.29, 0.717) is 19.4 Å². The molecule has 0 unspecified atom stereocenters. The van der Waals surface area contributed by atoms with Gasteiger partial charge in [0.05, 0.1) is 0 Å². The first-order valence-electron chi connectivity index (χ1n) is 11.6. The number of unbranched alkanes of at least 4 members (excludes halogenated alkanes) is 1. The summed E-state index contributed by atoms with van der Waals surface area (Å²) >= 11 is 0. The van der Waals surface area contributed by atoms with Gasteiger partial charge in [-0.15, -0.1) is 0 Å². The molecule has 0 saturated heterocycles. The van der Waals surface area contributed by atoms with E-state index in [9.17, 15) is 9.59 Å². The van der Waals surface area contributed by atoms with Crippen molar-refractivity contribution in [3.8, 4) is 0 Å². The fourth-order valence-corrected chi connectivity index (χ4v) is 3.43. The number of hydrogen-bond acceptors (Lipinski definition) is 5. The average molecular weight is 420 g/mol. The molecule has 2 N–H and O–H groups in total. The normalized spacial score (nSPS) is 17.5. The Hall–Kier alpha value is -2.08. The smallest absolute Gasteiger partial charge is 0.407 e. The number of alkyl carbamates (subject to hydrolysis) is 1. The summed E-state index contributed by atoms with van der Waals surface area (Å²) < 4.78 is 19.5. The highest BCUT2D eigenvalue weighted by molar-refractivity contribution is 5.75. The monoisotopic (exact) mass is 419 g/mol. The van der Waals surface area contributed by atoms with Crippen LogP contribution in [-0.4, -0.2) is 36.3 Å². The topological polar surface area (TPSA) is 76.7 Å². The number of ether oxygens (including phenoxy) is 2. The van der Waals surface area contributed by atoms with Crippen LogP contribution in [0.15, 0.2) is 30.3 Å². The maximum atomic E-state index is 12.8. The third-order valence-electron chi connectivity index (χ3n) is 4.93. The highest BCUT2D eigenvalue weighted by Crippen LogP contribution is 2.19. The van der Waals surface area contributed by atoms with Crippen LogP contribution in [-0.2, 0) is 20.9 Å². The first kappa shape index (κ1) is 22.6. The Labute approximate surface area is 182 Å². The van der Waals surface area contributed by atoms with Gasteiger partial charge in [-0.1, -0.05) is 49.6 Å². The SMILES string of the molecule is [2H]C1(N[C@@H](CCCCNC(=O)OC(C)(C)C)C(=O)OCc2ccccc2)CCCCC1. The maximum Gasteiger partial charge on any atom is 0.407 e. The molecule has 2 rings (SSSR count). The van der Waals surface area contributed by atoms with E-state index in [1.54, 1.807) is 0 Å². The summed E-state index contributed by atoms with van der Waals surface area (Å²) in [5, 5.41) is 6.02. The number of nitrogens with one attached hydrogen (secondary N) is 2. The Morgan fingerprint density at radius 1 is 1.13 bits per heavy atom. The number of esters is 1. The zero-order chi connectivity index (χ0) is 22.7. The third kappa shape index (κ3) is 10.1. The van der Waals surface area contributed by atoms with Crippen LogP contribution in [0.2, 0.25) is 0 Å². The molecule has 168 valence electrons. The number of carbonyl (C=O) groups excluding carboxylic acids is 2. The minimum atomic E-state index is -0.774. The van der Waals surface area contributed by atoms with Gasteiger partial charge in [0.1, 0.15) is 18.2 Å². The lowest BCUT2D eigenvalue weighted by molar-refractivity contribution is -0.148. The fraction of sp³-hybridized carbons (Fsp3) is 0.667. The van der Waals surface area contributed by atoms with Gasteiger partial charge in [-0.05, 0) is 58.4 Å². The molecule has 1 saturated carbocycles. The molecule has 30 heavy (non-hydrogen) atoms. The van der Waals surface area contributed by atoms with Crippen LogP contribution in [0.5, 0.6) is 0 Å². The second-order valence-electron chi connectivity index (χ2n) is 8.88. The molecular formula is C24H38N2O4. The van der Waals surface area contributed by atoms with Crippen molar-refractivity contribution in [3.63, 3.8) is 0 Å². The quantitative estimate of drug-likeness (QED) is 0.424. The summed E-state index contributed by atoms with van der Waals surface area (Å²) in [6, 6.07) is 8.29. The summed E-state index contributed by atoms with van der Waals surface area (Å²) in [4.78, 5) is 24.5. The van der Waals surface area contributed by atoms with Crippen LogP contribution in [0.25, 0.3) is 0 Å². The molecule has 0 spiro atoms. The number of carbonyl (C=O) groups is 2. The molecule has 6 nitrogen and oxygen atoms in total. The standard InChI is InChI=1S/C24H38N2O4/c1-24(2,3)30-23(28)25-17-11-10-16-21(26-20-14-8-5-9-15-20)22(27)29-18-19-12-6-4-7-13-19/h4,6-7,12-13,20-21,26H,5,8-11,14-18H2,1-3H3,(H,25,28)/t21-/m0/s1/i20D. The first-order valence-corrected chi connectivity index (χ1v) is 11.1. The van der Waals surface area contributed by atoms with Crippen LogP contribution in [0, 0.1) is 0 Å². The predicted octanol–water partition coefficient (Wildman–Crippen LogP) is 4.72. The number of rotatable bonds is 10. The summed E-state index contributed by atoms with van der Waals surface area (Å²) in [6.45, 7) is 6.18. The molecule has 1 aromatic rings. The molecule has 0 bridgehead atoms. The zero-order valence-corrected chi connectivity index (χ0v) is 18.7. The van der Waals surface area contributed by atoms with E-state index in [2.05, 4.69) is 10.6 Å². The van der Waals surface area contributed by atoms with E-state index >= 15 is 0 Å². The Morgan fingerprint density at radius 2 is 1.83 bits per heavy atom. The highest BCUT2D eigenvalue weighted by atomic mass is 16.6. The Bertz CT molecular complexity index is 685. The molecule has 0 radical (unpaired) electrons. The summed E-state index contributed by atoms with van der Waals surface area (Å²) in [6.07, 6.45) is 6.21. The third-order valence-corrected chi connectivity index (χ3v) is 4.93. The van der Waals surface area contributed by atoms with Crippen LogP contribution in [0.4, 0.5) is 4.79 Å². The van der Waals surface area contributed by atoms with E-state index < -0.39 is 23.8 Å². The first-order chi connectivity index (χ1) is 14.7. The number of amides is 1. The Kier molecular flexibility index (Phi) is 9.48. The summed E-state index contributed by atoms with van der Waals surface area (Å²) in [5.74, 6) is -0.318. The van der Waals surface area contributed by atoms with E-state index in [0.717, 1.165) is 44.1 Å². The van der Waals surface area contributed by atoms with E-state index in [-0.39, 0.29) is 12.6 Å². The van der Waals surface area contributed by atoms with E-state index in [1.165, 1.54) is 0 Å². The zero-order valence-electron chi connectivity index (χ0n) is 19.7. The van der Waals surface area contributed by atoms with Crippen molar-refractivity contribution < 1.29 is 20.4 Å². The van der Waals surface area contributed by atoms with Crippen molar-refractivity contribution in [2.75, 3.05) is 6.54 Å². The number of benzene rings is 1. The predicted molar refractivity (Wildman–Crippen MR) is 118 cm³/mol. The van der Waals surface area contributed by atoms with Crippen molar-refractivity contribution in [1.29, 1.82) is 0 Å². The van der Waals surface area contributed by atoms with Gasteiger partial charge in [0, 0.05) is 13.9 Å². The molecule has 1 aliphatic carbocycles. The molecule has 1 fully saturated rings. The largest absolute Gasteiger partial charge is 0.460 e. The maximum absolute atomic E-state index is 12.8. The van der Waals surface area contributed by atoms with Crippen LogP contribution >= 0.6 is 0 Å². The minimum Gasteiger partial charge on any atom is -0.460 e. The van der Waals surface area contributed by atoms with Gasteiger partial charge in [0.2, 0.25) is 0 Å². The van der Waals surface area contributed by atoms with Gasteiger partial charge >= 0.3 is 12.1 Å². The molecule has 1 aliphatic rings. The van der Waals surface area contributed by atoms with Gasteiger partial charge < -0.3 is 20.1 Å². The van der Waals surface area contributed by atoms with Crippen molar-refractivity contribution >= 4 is 12.1 Å². The lowest BCUT2D eigenvalue weighted by Gasteiger charge is -2.27. The lowest BCUT2D eigenvalue weighted by Crippen LogP contribution is -2.45. The Balaban J connectivity index is 1.83. The molecule has 0 heterocycles.